The monoisotopic (exact) mass is 299 g/mol. The van der Waals surface area contributed by atoms with Gasteiger partial charge >= 0.3 is 6.18 Å². The maximum atomic E-state index is 12.8. The van der Waals surface area contributed by atoms with Crippen molar-refractivity contribution in [2.24, 2.45) is 0 Å². The van der Waals surface area contributed by atoms with Crippen molar-refractivity contribution in [3.63, 3.8) is 0 Å². The molecule has 112 valence electrons. The van der Waals surface area contributed by atoms with Crippen LogP contribution in [0.15, 0.2) is 24.3 Å². The summed E-state index contributed by atoms with van der Waals surface area (Å²) in [7, 11) is 0. The highest BCUT2D eigenvalue weighted by molar-refractivity contribution is 5.73. The van der Waals surface area contributed by atoms with Crippen LogP contribution < -0.4 is 4.74 Å². The summed E-state index contributed by atoms with van der Waals surface area (Å²) in [6, 6.07) is 7.10. The summed E-state index contributed by atoms with van der Waals surface area (Å²) < 4.78 is 44.4. The molecular weight excluding hydrogens is 287 g/mol. The molecule has 5 nitrogen and oxygen atoms in total. The number of hydrogen-bond donors (Lipinski definition) is 0. The third-order valence-corrected chi connectivity index (χ3v) is 2.73. The van der Waals surface area contributed by atoms with E-state index >= 15 is 0 Å². The summed E-state index contributed by atoms with van der Waals surface area (Å²) in [5.41, 5.74) is -0.837. The molecule has 0 bridgehead atoms. The summed E-state index contributed by atoms with van der Waals surface area (Å²) in [6.07, 6.45) is -4.66. The lowest BCUT2D eigenvalue weighted by Gasteiger charge is -2.10. The van der Waals surface area contributed by atoms with Crippen molar-refractivity contribution in [1.29, 1.82) is 0 Å². The Morgan fingerprint density at radius 2 is 1.95 bits per heavy atom. The zero-order valence-electron chi connectivity index (χ0n) is 11.1. The van der Waals surface area contributed by atoms with E-state index in [1.165, 1.54) is 0 Å². The molecule has 2 aromatic rings. The molecule has 0 atom stereocenters. The van der Waals surface area contributed by atoms with Crippen molar-refractivity contribution in [3.8, 4) is 5.75 Å². The second-order valence-electron chi connectivity index (χ2n) is 4.32. The number of carbonyl (C=O) groups is 1. The van der Waals surface area contributed by atoms with Gasteiger partial charge in [-0.3, -0.25) is 4.79 Å². The second kappa shape index (κ2) is 5.94. The van der Waals surface area contributed by atoms with Crippen molar-refractivity contribution in [3.05, 3.63) is 41.2 Å². The Morgan fingerprint density at radius 3 is 2.52 bits per heavy atom. The molecule has 0 N–H and O–H groups in total. The van der Waals surface area contributed by atoms with E-state index in [1.807, 2.05) is 19.1 Å². The Balaban J connectivity index is 2.05. The highest BCUT2D eigenvalue weighted by atomic mass is 19.4. The molecule has 1 aromatic heterocycles. The van der Waals surface area contributed by atoms with E-state index in [0.29, 0.717) is 10.4 Å². The van der Waals surface area contributed by atoms with E-state index in [4.69, 9.17) is 4.74 Å². The highest BCUT2D eigenvalue weighted by Crippen LogP contribution is 2.30. The molecule has 0 saturated carbocycles. The number of rotatable bonds is 5. The van der Waals surface area contributed by atoms with Crippen LogP contribution in [0.4, 0.5) is 13.2 Å². The largest absolute Gasteiger partial charge is 0.492 e. The van der Waals surface area contributed by atoms with Crippen LogP contribution in [-0.4, -0.2) is 27.9 Å². The van der Waals surface area contributed by atoms with Crippen LogP contribution in [0, 0.1) is 6.92 Å². The minimum absolute atomic E-state index is 0.0200. The van der Waals surface area contributed by atoms with Gasteiger partial charge in [0.25, 0.3) is 0 Å². The molecule has 0 fully saturated rings. The zero-order chi connectivity index (χ0) is 15.5. The van der Waals surface area contributed by atoms with Crippen LogP contribution in [-0.2, 0) is 12.7 Å². The molecule has 0 aliphatic heterocycles. The first-order chi connectivity index (χ1) is 9.91. The predicted molar refractivity (Wildman–Crippen MR) is 67.1 cm³/mol. The molecule has 0 aliphatic rings. The van der Waals surface area contributed by atoms with Crippen molar-refractivity contribution >= 4 is 6.29 Å². The van der Waals surface area contributed by atoms with Gasteiger partial charge in [0.05, 0.1) is 6.54 Å². The number of alkyl halides is 3. The first kappa shape index (κ1) is 15.0. The molecule has 0 unspecified atom stereocenters. The fourth-order valence-electron chi connectivity index (χ4n) is 1.74. The zero-order valence-corrected chi connectivity index (χ0v) is 11.1. The molecule has 0 radical (unpaired) electrons. The molecule has 2 rings (SSSR count). The van der Waals surface area contributed by atoms with Crippen LogP contribution >= 0.6 is 0 Å². The summed E-state index contributed by atoms with van der Waals surface area (Å²) in [6.45, 7) is 1.73. The van der Waals surface area contributed by atoms with Crippen LogP contribution in [0.25, 0.3) is 0 Å². The van der Waals surface area contributed by atoms with Crippen LogP contribution in [0.5, 0.6) is 5.75 Å². The van der Waals surface area contributed by atoms with Crippen LogP contribution in [0.2, 0.25) is 0 Å². The quantitative estimate of drug-likeness (QED) is 0.796. The molecule has 21 heavy (non-hydrogen) atoms. The summed E-state index contributed by atoms with van der Waals surface area (Å²) in [5, 5.41) is 6.54. The number of nitrogens with zero attached hydrogens (tertiary/aromatic N) is 3. The lowest BCUT2D eigenvalue weighted by atomic mass is 10.2. The van der Waals surface area contributed by atoms with E-state index in [2.05, 4.69) is 10.3 Å². The van der Waals surface area contributed by atoms with Gasteiger partial charge in [-0.1, -0.05) is 22.9 Å². The van der Waals surface area contributed by atoms with E-state index in [1.54, 1.807) is 12.1 Å². The highest BCUT2D eigenvalue weighted by Gasteiger charge is 2.39. The molecule has 0 spiro atoms. The third kappa shape index (κ3) is 3.59. The normalized spacial score (nSPS) is 11.4. The predicted octanol–water partition coefficient (Wildman–Crippen LogP) is 2.50. The fourth-order valence-corrected chi connectivity index (χ4v) is 1.74. The van der Waals surface area contributed by atoms with E-state index < -0.39 is 17.6 Å². The Labute approximate surface area is 118 Å². The van der Waals surface area contributed by atoms with Gasteiger partial charge in [0.2, 0.25) is 0 Å². The number of hydrogen-bond acceptors (Lipinski definition) is 4. The SMILES string of the molecule is Cc1ccc(OCCn2nnc(C=O)c2C(F)(F)F)cc1. The van der Waals surface area contributed by atoms with Crippen molar-refractivity contribution in [2.45, 2.75) is 19.6 Å². The molecule has 0 amide bonds. The van der Waals surface area contributed by atoms with Gasteiger partial charge in [-0.15, -0.1) is 5.10 Å². The van der Waals surface area contributed by atoms with Gasteiger partial charge in [-0.05, 0) is 19.1 Å². The average molecular weight is 299 g/mol. The number of carbonyl (C=O) groups excluding carboxylic acids is 1. The van der Waals surface area contributed by atoms with Crippen molar-refractivity contribution in [2.75, 3.05) is 6.61 Å². The lowest BCUT2D eigenvalue weighted by Crippen LogP contribution is -2.19. The maximum Gasteiger partial charge on any atom is 0.435 e. The number of aldehydes is 1. The Bertz CT molecular complexity index is 621. The van der Waals surface area contributed by atoms with Crippen LogP contribution in [0.1, 0.15) is 21.7 Å². The van der Waals surface area contributed by atoms with Gasteiger partial charge in [0.15, 0.2) is 17.7 Å². The van der Waals surface area contributed by atoms with Gasteiger partial charge in [0, 0.05) is 0 Å². The average Bonchev–Trinajstić information content (AvgIpc) is 2.84. The molecule has 0 aliphatic carbocycles. The minimum atomic E-state index is -4.69. The minimum Gasteiger partial charge on any atom is -0.492 e. The number of ether oxygens (including phenoxy) is 1. The fraction of sp³-hybridized carbons (Fsp3) is 0.308. The van der Waals surface area contributed by atoms with Gasteiger partial charge in [-0.25, -0.2) is 4.68 Å². The van der Waals surface area contributed by atoms with Crippen molar-refractivity contribution in [1.82, 2.24) is 15.0 Å². The van der Waals surface area contributed by atoms with E-state index in [9.17, 15) is 18.0 Å². The molecule has 0 saturated heterocycles. The number of aromatic nitrogens is 3. The van der Waals surface area contributed by atoms with Gasteiger partial charge in [-0.2, -0.15) is 13.2 Å². The third-order valence-electron chi connectivity index (χ3n) is 2.73. The Morgan fingerprint density at radius 1 is 1.29 bits per heavy atom. The van der Waals surface area contributed by atoms with E-state index in [-0.39, 0.29) is 19.4 Å². The van der Waals surface area contributed by atoms with E-state index in [0.717, 1.165) is 5.56 Å². The Kier molecular flexibility index (Phi) is 4.25. The topological polar surface area (TPSA) is 57.0 Å². The number of aryl methyl sites for hydroxylation is 1. The lowest BCUT2D eigenvalue weighted by molar-refractivity contribution is -0.144. The van der Waals surface area contributed by atoms with Crippen LogP contribution in [0.3, 0.4) is 0 Å². The Hall–Kier alpha value is -2.38. The smallest absolute Gasteiger partial charge is 0.435 e. The molecule has 1 heterocycles. The summed E-state index contributed by atoms with van der Waals surface area (Å²) >= 11 is 0. The number of halogens is 3. The first-order valence-electron chi connectivity index (χ1n) is 6.07. The standard InChI is InChI=1S/C13H12F3N3O2/c1-9-2-4-10(5-3-9)21-7-6-19-12(13(14,15)16)11(8-20)17-18-19/h2-5,8H,6-7H2,1H3. The van der Waals surface area contributed by atoms with Crippen molar-refractivity contribution < 1.29 is 22.7 Å². The summed E-state index contributed by atoms with van der Waals surface area (Å²) in [4.78, 5) is 10.6. The summed E-state index contributed by atoms with van der Waals surface area (Å²) in [5.74, 6) is 0.546. The maximum absolute atomic E-state index is 12.8. The molecule has 8 heteroatoms. The first-order valence-corrected chi connectivity index (χ1v) is 6.07. The van der Waals surface area contributed by atoms with Gasteiger partial charge in [0.1, 0.15) is 12.4 Å². The molecule has 1 aromatic carbocycles. The molecular formula is C13H12F3N3O2. The second-order valence-corrected chi connectivity index (χ2v) is 4.32. The van der Waals surface area contributed by atoms with Gasteiger partial charge < -0.3 is 4.74 Å². The number of benzene rings is 1.